The zero-order chi connectivity index (χ0) is 12.6. The van der Waals surface area contributed by atoms with Crippen LogP contribution in [0.5, 0.6) is 0 Å². The normalized spacial score (nSPS) is 32.8. The van der Waals surface area contributed by atoms with Gasteiger partial charge in [0, 0.05) is 16.9 Å². The van der Waals surface area contributed by atoms with Crippen LogP contribution in [0, 0.1) is 10.8 Å². The zero-order valence-corrected chi connectivity index (χ0v) is 11.8. The molecule has 2 unspecified atom stereocenters. The number of hydrogen-bond acceptors (Lipinski definition) is 2. The number of carbonyl (C=O) groups excluding carboxylic acids is 1. The van der Waals surface area contributed by atoms with Gasteiger partial charge in [-0.2, -0.15) is 0 Å². The van der Waals surface area contributed by atoms with Crippen LogP contribution >= 0.6 is 0 Å². The molecule has 1 heterocycles. The van der Waals surface area contributed by atoms with Gasteiger partial charge in [0.1, 0.15) is 5.78 Å². The molecule has 0 bridgehead atoms. The van der Waals surface area contributed by atoms with Gasteiger partial charge in [-0.3, -0.25) is 4.79 Å². The highest BCUT2D eigenvalue weighted by Crippen LogP contribution is 2.40. The van der Waals surface area contributed by atoms with Crippen molar-refractivity contribution in [3.63, 3.8) is 0 Å². The summed E-state index contributed by atoms with van der Waals surface area (Å²) in [6.07, 6.45) is 2.03. The molecule has 0 aliphatic carbocycles. The van der Waals surface area contributed by atoms with Crippen LogP contribution < -0.4 is 0 Å². The minimum atomic E-state index is -0.206. The monoisotopic (exact) mass is 225 g/mol. The van der Waals surface area contributed by atoms with E-state index < -0.39 is 0 Å². The third kappa shape index (κ3) is 2.65. The molecule has 1 aliphatic rings. The Labute approximate surface area is 100 Å². The number of likely N-dealkylation sites (tertiary alicyclic amines) is 1. The predicted octanol–water partition coefficient (Wildman–Crippen LogP) is 3.11. The molecule has 0 aromatic heterocycles. The van der Waals surface area contributed by atoms with Crippen molar-refractivity contribution in [2.45, 2.75) is 60.4 Å². The molecular formula is C14H27NO. The zero-order valence-electron chi connectivity index (χ0n) is 11.8. The number of carbonyl (C=O) groups is 1. The number of rotatable bonds is 2. The van der Waals surface area contributed by atoms with Crippen molar-refractivity contribution >= 4 is 5.78 Å². The largest absolute Gasteiger partial charge is 0.301 e. The fourth-order valence-corrected chi connectivity index (χ4v) is 3.08. The molecule has 94 valence electrons. The number of hydrogen-bond donors (Lipinski definition) is 0. The third-order valence-electron chi connectivity index (χ3n) is 3.96. The molecule has 0 spiro atoms. The summed E-state index contributed by atoms with van der Waals surface area (Å²) in [5.41, 5.74) is -0.313. The lowest BCUT2D eigenvalue weighted by Crippen LogP contribution is -2.50. The van der Waals surface area contributed by atoms with Crippen LogP contribution in [0.3, 0.4) is 0 Å². The van der Waals surface area contributed by atoms with Crippen LogP contribution in [0.25, 0.3) is 0 Å². The molecule has 1 saturated heterocycles. The molecule has 1 rings (SSSR count). The SMILES string of the molecule is CCN1CCC(C)(C(=O)C(C)(C)C)CC1C. The van der Waals surface area contributed by atoms with E-state index in [0.29, 0.717) is 11.8 Å². The summed E-state index contributed by atoms with van der Waals surface area (Å²) in [7, 11) is 0. The van der Waals surface area contributed by atoms with E-state index in [9.17, 15) is 4.79 Å². The minimum Gasteiger partial charge on any atom is -0.301 e. The lowest BCUT2D eigenvalue weighted by molar-refractivity contribution is -0.139. The second-order valence-corrected chi connectivity index (χ2v) is 6.57. The first-order chi connectivity index (χ1) is 7.20. The molecule has 16 heavy (non-hydrogen) atoms. The Morgan fingerprint density at radius 3 is 2.38 bits per heavy atom. The van der Waals surface area contributed by atoms with Crippen molar-refractivity contribution < 1.29 is 4.79 Å². The van der Waals surface area contributed by atoms with Gasteiger partial charge in [-0.15, -0.1) is 0 Å². The van der Waals surface area contributed by atoms with Crippen molar-refractivity contribution in [3.05, 3.63) is 0 Å². The first-order valence-electron chi connectivity index (χ1n) is 6.49. The summed E-state index contributed by atoms with van der Waals surface area (Å²) >= 11 is 0. The molecule has 2 heteroatoms. The Kier molecular flexibility index (Phi) is 3.83. The van der Waals surface area contributed by atoms with Gasteiger partial charge in [-0.05, 0) is 32.9 Å². The van der Waals surface area contributed by atoms with Crippen molar-refractivity contribution in [1.29, 1.82) is 0 Å². The highest BCUT2D eigenvalue weighted by Gasteiger charge is 2.43. The molecule has 1 aliphatic heterocycles. The Balaban J connectivity index is 2.78. The molecule has 0 saturated carbocycles. The van der Waals surface area contributed by atoms with Gasteiger partial charge in [0.2, 0.25) is 0 Å². The smallest absolute Gasteiger partial charge is 0.144 e. The summed E-state index contributed by atoms with van der Waals surface area (Å²) in [4.78, 5) is 14.9. The molecule has 2 nitrogen and oxygen atoms in total. The summed E-state index contributed by atoms with van der Waals surface area (Å²) in [6.45, 7) is 14.9. The Hall–Kier alpha value is -0.370. The summed E-state index contributed by atoms with van der Waals surface area (Å²) in [6, 6.07) is 0.537. The lowest BCUT2D eigenvalue weighted by Gasteiger charge is -2.44. The van der Waals surface area contributed by atoms with Gasteiger partial charge >= 0.3 is 0 Å². The van der Waals surface area contributed by atoms with Crippen LogP contribution in [-0.4, -0.2) is 29.8 Å². The Bertz CT molecular complexity index is 266. The molecule has 0 aromatic rings. The summed E-state index contributed by atoms with van der Waals surface area (Å²) in [5, 5.41) is 0. The third-order valence-corrected chi connectivity index (χ3v) is 3.96. The maximum atomic E-state index is 12.5. The Morgan fingerprint density at radius 2 is 2.00 bits per heavy atom. The van der Waals surface area contributed by atoms with Gasteiger partial charge in [-0.25, -0.2) is 0 Å². The van der Waals surface area contributed by atoms with Gasteiger partial charge < -0.3 is 4.90 Å². The van der Waals surface area contributed by atoms with Crippen LogP contribution in [0.4, 0.5) is 0 Å². The fourth-order valence-electron chi connectivity index (χ4n) is 3.08. The summed E-state index contributed by atoms with van der Waals surface area (Å²) < 4.78 is 0. The molecule has 0 aromatic carbocycles. The number of piperidine rings is 1. The van der Waals surface area contributed by atoms with E-state index in [2.05, 4.69) is 25.7 Å². The maximum Gasteiger partial charge on any atom is 0.144 e. The standard InChI is InChI=1S/C14H27NO/c1-7-15-9-8-14(6,10-11(15)2)12(16)13(3,4)5/h11H,7-10H2,1-6H3. The van der Waals surface area contributed by atoms with E-state index >= 15 is 0 Å². The van der Waals surface area contributed by atoms with Crippen molar-refractivity contribution in [2.75, 3.05) is 13.1 Å². The minimum absolute atomic E-state index is 0.108. The van der Waals surface area contributed by atoms with Crippen LogP contribution in [0.15, 0.2) is 0 Å². The topological polar surface area (TPSA) is 20.3 Å². The molecule has 0 N–H and O–H groups in total. The average molecular weight is 225 g/mol. The second kappa shape index (κ2) is 4.48. The van der Waals surface area contributed by atoms with Gasteiger partial charge in [0.15, 0.2) is 0 Å². The molecule has 2 atom stereocenters. The first-order valence-corrected chi connectivity index (χ1v) is 6.49. The fraction of sp³-hybridized carbons (Fsp3) is 0.929. The van der Waals surface area contributed by atoms with Crippen molar-refractivity contribution in [2.24, 2.45) is 10.8 Å². The van der Waals surface area contributed by atoms with Gasteiger partial charge in [-0.1, -0.05) is 34.6 Å². The highest BCUT2D eigenvalue weighted by atomic mass is 16.1. The van der Waals surface area contributed by atoms with Crippen molar-refractivity contribution in [1.82, 2.24) is 4.90 Å². The molecule has 0 amide bonds. The van der Waals surface area contributed by atoms with E-state index in [1.807, 2.05) is 20.8 Å². The van der Waals surface area contributed by atoms with E-state index in [1.165, 1.54) is 0 Å². The predicted molar refractivity (Wildman–Crippen MR) is 68.5 cm³/mol. The van der Waals surface area contributed by atoms with Gasteiger partial charge in [0.25, 0.3) is 0 Å². The van der Waals surface area contributed by atoms with Crippen LogP contribution in [0.2, 0.25) is 0 Å². The lowest BCUT2D eigenvalue weighted by atomic mass is 9.67. The van der Waals surface area contributed by atoms with E-state index in [-0.39, 0.29) is 10.8 Å². The average Bonchev–Trinajstić information content (AvgIpc) is 2.15. The second-order valence-electron chi connectivity index (χ2n) is 6.57. The first kappa shape index (κ1) is 13.7. The summed E-state index contributed by atoms with van der Waals surface area (Å²) in [5.74, 6) is 0.433. The van der Waals surface area contributed by atoms with E-state index in [1.54, 1.807) is 0 Å². The number of nitrogens with zero attached hydrogens (tertiary/aromatic N) is 1. The van der Waals surface area contributed by atoms with E-state index in [4.69, 9.17) is 0 Å². The number of Topliss-reactive ketones (excluding diaryl/α,β-unsaturated/α-hetero) is 1. The van der Waals surface area contributed by atoms with E-state index in [0.717, 1.165) is 25.9 Å². The highest BCUT2D eigenvalue weighted by molar-refractivity contribution is 5.89. The number of ketones is 1. The van der Waals surface area contributed by atoms with Crippen molar-refractivity contribution in [3.8, 4) is 0 Å². The van der Waals surface area contributed by atoms with Crippen LogP contribution in [0.1, 0.15) is 54.4 Å². The van der Waals surface area contributed by atoms with Crippen LogP contribution in [-0.2, 0) is 4.79 Å². The Morgan fingerprint density at radius 1 is 1.44 bits per heavy atom. The van der Waals surface area contributed by atoms with Gasteiger partial charge in [0.05, 0.1) is 0 Å². The maximum absolute atomic E-state index is 12.5. The molecule has 0 radical (unpaired) electrons. The molecular weight excluding hydrogens is 198 g/mol. The molecule has 1 fully saturated rings. The quantitative estimate of drug-likeness (QED) is 0.719.